The van der Waals surface area contributed by atoms with E-state index >= 15 is 0 Å². The first kappa shape index (κ1) is 18.5. The Kier molecular flexibility index (Phi) is 4.81. The highest BCUT2D eigenvalue weighted by molar-refractivity contribution is 9.10. The highest BCUT2D eigenvalue weighted by atomic mass is 79.9. The van der Waals surface area contributed by atoms with Crippen molar-refractivity contribution in [1.82, 2.24) is 9.88 Å². The summed E-state index contributed by atoms with van der Waals surface area (Å²) in [5.41, 5.74) is 0.193. The van der Waals surface area contributed by atoms with Crippen molar-refractivity contribution < 1.29 is 14.3 Å². The summed E-state index contributed by atoms with van der Waals surface area (Å²) in [6.07, 6.45) is 1.15. The molecule has 0 radical (unpaired) electrons. The van der Waals surface area contributed by atoms with Crippen LogP contribution in [0.15, 0.2) is 28.9 Å². The first-order valence-electron chi connectivity index (χ1n) is 7.74. The molecule has 0 spiro atoms. The molecule has 6 heteroatoms. The van der Waals surface area contributed by atoms with Gasteiger partial charge in [-0.1, -0.05) is 0 Å². The molecule has 0 aliphatic rings. The fourth-order valence-electron chi connectivity index (χ4n) is 2.29. The number of nitrogens with zero attached hydrogens (tertiary/aromatic N) is 1. The summed E-state index contributed by atoms with van der Waals surface area (Å²) in [5, 5.41) is 3.64. The van der Waals surface area contributed by atoms with Crippen LogP contribution in [0.1, 0.15) is 51.9 Å². The number of aromatic nitrogens is 1. The van der Waals surface area contributed by atoms with Crippen molar-refractivity contribution in [1.29, 1.82) is 0 Å². The van der Waals surface area contributed by atoms with Gasteiger partial charge in [0.1, 0.15) is 5.60 Å². The van der Waals surface area contributed by atoms with Crippen molar-refractivity contribution in [2.75, 3.05) is 0 Å². The number of carbonyl (C=O) groups is 2. The van der Waals surface area contributed by atoms with Crippen molar-refractivity contribution in [3.05, 3.63) is 34.4 Å². The van der Waals surface area contributed by atoms with Gasteiger partial charge in [0.2, 0.25) is 0 Å². The van der Waals surface area contributed by atoms with Crippen molar-refractivity contribution >= 4 is 38.8 Å². The summed E-state index contributed by atoms with van der Waals surface area (Å²) >= 11 is 3.43. The zero-order valence-corrected chi connectivity index (χ0v) is 16.4. The smallest absolute Gasteiger partial charge is 0.418 e. The van der Waals surface area contributed by atoms with Crippen LogP contribution in [0.25, 0.3) is 10.9 Å². The minimum atomic E-state index is -0.588. The van der Waals surface area contributed by atoms with Gasteiger partial charge in [0, 0.05) is 21.6 Å². The van der Waals surface area contributed by atoms with Gasteiger partial charge >= 0.3 is 6.09 Å². The number of ether oxygens (including phenoxy) is 1. The third-order valence-corrected chi connectivity index (χ3v) is 3.79. The quantitative estimate of drug-likeness (QED) is 0.761. The Labute approximate surface area is 150 Å². The Balaban J connectivity index is 2.50. The monoisotopic (exact) mass is 394 g/mol. The SMILES string of the molecule is CC(C)(C)NC(=O)c1c(Br)ccc2c1ccn2C(=O)OC(C)(C)C. The average molecular weight is 395 g/mol. The molecule has 1 N–H and O–H groups in total. The minimum Gasteiger partial charge on any atom is -0.443 e. The second kappa shape index (κ2) is 6.24. The molecule has 1 heterocycles. The summed E-state index contributed by atoms with van der Waals surface area (Å²) in [5.74, 6) is -0.193. The summed E-state index contributed by atoms with van der Waals surface area (Å²) in [6, 6.07) is 5.31. The number of amides is 1. The van der Waals surface area contributed by atoms with Gasteiger partial charge in [-0.25, -0.2) is 4.79 Å². The summed E-state index contributed by atoms with van der Waals surface area (Å²) in [4.78, 5) is 25.0. The lowest BCUT2D eigenvalue weighted by Gasteiger charge is -2.21. The molecule has 2 rings (SSSR count). The topological polar surface area (TPSA) is 60.3 Å². The highest BCUT2D eigenvalue weighted by Gasteiger charge is 2.23. The van der Waals surface area contributed by atoms with E-state index in [2.05, 4.69) is 21.2 Å². The van der Waals surface area contributed by atoms with Crippen LogP contribution < -0.4 is 5.32 Å². The van der Waals surface area contributed by atoms with Crippen LogP contribution >= 0.6 is 15.9 Å². The van der Waals surface area contributed by atoms with Gasteiger partial charge in [-0.05, 0) is 75.7 Å². The molecule has 1 aromatic carbocycles. The minimum absolute atomic E-state index is 0.193. The van der Waals surface area contributed by atoms with Crippen molar-refractivity contribution in [3.8, 4) is 0 Å². The van der Waals surface area contributed by atoms with Crippen LogP contribution in [0.4, 0.5) is 4.79 Å². The molecule has 0 bridgehead atoms. The molecule has 0 atom stereocenters. The molecule has 1 amide bonds. The van der Waals surface area contributed by atoms with Crippen LogP contribution in [-0.4, -0.2) is 27.7 Å². The zero-order chi connectivity index (χ0) is 18.3. The number of nitrogens with one attached hydrogen (secondary N) is 1. The van der Waals surface area contributed by atoms with E-state index in [1.54, 1.807) is 24.4 Å². The van der Waals surface area contributed by atoms with Gasteiger partial charge < -0.3 is 10.1 Å². The molecule has 24 heavy (non-hydrogen) atoms. The van der Waals surface area contributed by atoms with E-state index in [-0.39, 0.29) is 11.4 Å². The van der Waals surface area contributed by atoms with Crippen LogP contribution in [0, 0.1) is 0 Å². The number of benzene rings is 1. The van der Waals surface area contributed by atoms with E-state index in [1.165, 1.54) is 4.57 Å². The van der Waals surface area contributed by atoms with Crippen molar-refractivity contribution in [2.45, 2.75) is 52.7 Å². The van der Waals surface area contributed by atoms with Crippen LogP contribution in [-0.2, 0) is 4.74 Å². The first-order valence-corrected chi connectivity index (χ1v) is 8.54. The number of carbonyl (C=O) groups excluding carboxylic acids is 2. The molecule has 5 nitrogen and oxygen atoms in total. The fraction of sp³-hybridized carbons (Fsp3) is 0.444. The van der Waals surface area contributed by atoms with E-state index in [4.69, 9.17) is 4.74 Å². The first-order chi connectivity index (χ1) is 10.9. The second-order valence-corrected chi connectivity index (χ2v) is 8.58. The summed E-state index contributed by atoms with van der Waals surface area (Å²) in [7, 11) is 0. The van der Waals surface area contributed by atoms with E-state index < -0.39 is 11.7 Å². The Morgan fingerprint density at radius 3 is 2.25 bits per heavy atom. The molecule has 130 valence electrons. The Hall–Kier alpha value is -1.82. The highest BCUT2D eigenvalue weighted by Crippen LogP contribution is 2.28. The summed E-state index contributed by atoms with van der Waals surface area (Å²) < 4.78 is 7.51. The van der Waals surface area contributed by atoms with Crippen molar-refractivity contribution in [3.63, 3.8) is 0 Å². The Bertz CT molecular complexity index is 795. The standard InChI is InChI=1S/C18H23BrN2O3/c1-17(2,3)20-15(22)14-11-9-10-21(13(11)8-7-12(14)19)16(23)24-18(4,5)6/h7-10H,1-6H3,(H,20,22). The van der Waals surface area contributed by atoms with Crippen molar-refractivity contribution in [2.24, 2.45) is 0 Å². The molecule has 0 saturated heterocycles. The van der Waals surface area contributed by atoms with E-state index in [1.807, 2.05) is 41.5 Å². The van der Waals surface area contributed by atoms with Gasteiger partial charge in [0.25, 0.3) is 5.91 Å². The maximum absolute atomic E-state index is 12.6. The molecule has 2 aromatic rings. The normalized spacial score (nSPS) is 12.3. The third-order valence-electron chi connectivity index (χ3n) is 3.13. The number of hydrogen-bond acceptors (Lipinski definition) is 3. The van der Waals surface area contributed by atoms with Gasteiger partial charge in [0.15, 0.2) is 0 Å². The van der Waals surface area contributed by atoms with Crippen LogP contribution in [0.5, 0.6) is 0 Å². The predicted octanol–water partition coefficient (Wildman–Crippen LogP) is 4.72. The second-order valence-electron chi connectivity index (χ2n) is 7.73. The number of hydrogen-bond donors (Lipinski definition) is 1. The molecule has 1 aromatic heterocycles. The molecule has 0 saturated carbocycles. The maximum atomic E-state index is 12.6. The lowest BCUT2D eigenvalue weighted by atomic mass is 10.1. The summed E-state index contributed by atoms with van der Waals surface area (Å²) in [6.45, 7) is 11.2. The van der Waals surface area contributed by atoms with Gasteiger partial charge in [-0.2, -0.15) is 0 Å². The number of fused-ring (bicyclic) bond motifs is 1. The third kappa shape index (κ3) is 4.17. The van der Waals surface area contributed by atoms with E-state index in [0.29, 0.717) is 20.9 Å². The molecule has 0 aliphatic heterocycles. The number of rotatable bonds is 1. The van der Waals surface area contributed by atoms with Gasteiger partial charge in [-0.3, -0.25) is 9.36 Å². The lowest BCUT2D eigenvalue weighted by Crippen LogP contribution is -2.40. The average Bonchev–Trinajstić information content (AvgIpc) is 2.77. The van der Waals surface area contributed by atoms with Crippen LogP contribution in [0.2, 0.25) is 0 Å². The Morgan fingerprint density at radius 2 is 1.71 bits per heavy atom. The van der Waals surface area contributed by atoms with E-state index in [9.17, 15) is 9.59 Å². The van der Waals surface area contributed by atoms with Gasteiger partial charge in [0.05, 0.1) is 11.1 Å². The fourth-order valence-corrected chi connectivity index (χ4v) is 2.82. The van der Waals surface area contributed by atoms with E-state index in [0.717, 1.165) is 0 Å². The largest absolute Gasteiger partial charge is 0.443 e. The molecular formula is C18H23BrN2O3. The Morgan fingerprint density at radius 1 is 1.08 bits per heavy atom. The molecule has 0 unspecified atom stereocenters. The molecule has 0 aliphatic carbocycles. The molecular weight excluding hydrogens is 372 g/mol. The van der Waals surface area contributed by atoms with Crippen LogP contribution in [0.3, 0.4) is 0 Å². The van der Waals surface area contributed by atoms with Gasteiger partial charge in [-0.15, -0.1) is 0 Å². The lowest BCUT2D eigenvalue weighted by molar-refractivity contribution is 0.0544. The predicted molar refractivity (Wildman–Crippen MR) is 98.5 cm³/mol. The molecule has 0 fully saturated rings. The number of halogens is 1. The zero-order valence-electron chi connectivity index (χ0n) is 14.9. The maximum Gasteiger partial charge on any atom is 0.418 e.